The van der Waals surface area contributed by atoms with Gasteiger partial charge in [-0.1, -0.05) is 19.4 Å². The van der Waals surface area contributed by atoms with E-state index in [0.29, 0.717) is 25.2 Å². The maximum absolute atomic E-state index is 5.94. The van der Waals surface area contributed by atoms with Gasteiger partial charge in [0.1, 0.15) is 13.2 Å². The minimum Gasteiger partial charge on any atom is -0.486 e. The van der Waals surface area contributed by atoms with Gasteiger partial charge in [0.25, 0.3) is 0 Å². The number of benzene rings is 1. The zero-order valence-electron chi connectivity index (χ0n) is 12.9. The third-order valence-corrected chi connectivity index (χ3v) is 4.79. The third-order valence-electron chi connectivity index (χ3n) is 4.79. The molecule has 2 aliphatic rings. The number of nitrogens with zero attached hydrogens (tertiary/aromatic N) is 1. The lowest BCUT2D eigenvalue weighted by molar-refractivity contribution is 0.159. The summed E-state index contributed by atoms with van der Waals surface area (Å²) in [6, 6.07) is 6.95. The molecular weight excluding hydrogens is 264 g/mol. The van der Waals surface area contributed by atoms with Crippen molar-refractivity contribution >= 4 is 0 Å². The van der Waals surface area contributed by atoms with E-state index in [1.165, 1.54) is 24.8 Å². The lowest BCUT2D eigenvalue weighted by Crippen LogP contribution is -2.39. The third kappa shape index (κ3) is 3.16. The monoisotopic (exact) mass is 290 g/mol. The van der Waals surface area contributed by atoms with Crippen molar-refractivity contribution in [3.8, 4) is 11.5 Å². The molecule has 1 aliphatic carbocycles. The van der Waals surface area contributed by atoms with Crippen molar-refractivity contribution in [3.05, 3.63) is 23.8 Å². The molecule has 1 fully saturated rings. The molecule has 0 bridgehead atoms. The Labute approximate surface area is 127 Å². The first kappa shape index (κ1) is 14.7. The summed E-state index contributed by atoms with van der Waals surface area (Å²) in [5.74, 6) is 2.41. The number of hydrogen-bond donors (Lipinski definition) is 1. The molecule has 0 spiro atoms. The molecule has 3 rings (SSSR count). The number of ether oxygens (including phenoxy) is 2. The lowest BCUT2D eigenvalue weighted by atomic mass is 10.0. The maximum atomic E-state index is 5.94. The topological polar surface area (TPSA) is 47.7 Å². The Kier molecular flexibility index (Phi) is 4.66. The highest BCUT2D eigenvalue weighted by Crippen LogP contribution is 2.33. The molecule has 2 N–H and O–H groups in total. The molecule has 0 amide bonds. The van der Waals surface area contributed by atoms with E-state index in [0.717, 1.165) is 31.1 Å². The summed E-state index contributed by atoms with van der Waals surface area (Å²) in [6.07, 6.45) is 3.86. The van der Waals surface area contributed by atoms with Crippen molar-refractivity contribution in [2.75, 3.05) is 26.3 Å². The predicted molar refractivity (Wildman–Crippen MR) is 83.7 cm³/mol. The van der Waals surface area contributed by atoms with E-state index >= 15 is 0 Å². The Morgan fingerprint density at radius 1 is 1.19 bits per heavy atom. The first-order valence-electron chi connectivity index (χ1n) is 8.14. The van der Waals surface area contributed by atoms with E-state index in [2.05, 4.69) is 24.0 Å². The van der Waals surface area contributed by atoms with Gasteiger partial charge in [-0.25, -0.2) is 0 Å². The molecule has 4 nitrogen and oxygen atoms in total. The molecule has 2 atom stereocenters. The van der Waals surface area contributed by atoms with Crippen LogP contribution in [0.2, 0.25) is 0 Å². The molecule has 0 aromatic heterocycles. The van der Waals surface area contributed by atoms with Gasteiger partial charge in [0.05, 0.1) is 0 Å². The zero-order chi connectivity index (χ0) is 14.7. The van der Waals surface area contributed by atoms with E-state index in [-0.39, 0.29) is 0 Å². The Balaban J connectivity index is 1.71. The van der Waals surface area contributed by atoms with Crippen molar-refractivity contribution < 1.29 is 9.47 Å². The molecule has 1 aromatic carbocycles. The fourth-order valence-electron chi connectivity index (χ4n) is 3.66. The smallest absolute Gasteiger partial charge is 0.161 e. The Bertz CT molecular complexity index is 478. The molecule has 1 saturated carbocycles. The average molecular weight is 290 g/mol. The summed E-state index contributed by atoms with van der Waals surface area (Å²) in [6.45, 7) is 6.37. The molecule has 21 heavy (non-hydrogen) atoms. The minimum absolute atomic E-state index is 0.633. The van der Waals surface area contributed by atoms with Gasteiger partial charge < -0.3 is 15.2 Å². The van der Waals surface area contributed by atoms with Crippen LogP contribution in [0.4, 0.5) is 0 Å². The highest BCUT2D eigenvalue weighted by atomic mass is 16.6. The van der Waals surface area contributed by atoms with Crippen molar-refractivity contribution in [2.45, 2.75) is 38.8 Å². The number of fused-ring (bicyclic) bond motifs is 1. The summed E-state index contributed by atoms with van der Waals surface area (Å²) in [5.41, 5.74) is 7.23. The second kappa shape index (κ2) is 6.67. The van der Waals surface area contributed by atoms with Crippen LogP contribution >= 0.6 is 0 Å². The van der Waals surface area contributed by atoms with Gasteiger partial charge in [-0.3, -0.25) is 4.90 Å². The van der Waals surface area contributed by atoms with Gasteiger partial charge in [-0.05, 0) is 49.5 Å². The van der Waals surface area contributed by atoms with Gasteiger partial charge >= 0.3 is 0 Å². The van der Waals surface area contributed by atoms with Crippen LogP contribution in [0.3, 0.4) is 0 Å². The Morgan fingerprint density at radius 3 is 2.76 bits per heavy atom. The van der Waals surface area contributed by atoms with Gasteiger partial charge in [0.15, 0.2) is 11.5 Å². The molecule has 0 radical (unpaired) electrons. The van der Waals surface area contributed by atoms with E-state index in [9.17, 15) is 0 Å². The quantitative estimate of drug-likeness (QED) is 0.904. The summed E-state index contributed by atoms with van der Waals surface area (Å²) in [4.78, 5) is 2.57. The Morgan fingerprint density at radius 2 is 2.00 bits per heavy atom. The van der Waals surface area contributed by atoms with Crippen LogP contribution < -0.4 is 15.2 Å². The largest absolute Gasteiger partial charge is 0.486 e. The first-order valence-corrected chi connectivity index (χ1v) is 8.14. The molecule has 1 heterocycles. The summed E-state index contributed by atoms with van der Waals surface area (Å²) >= 11 is 0. The van der Waals surface area contributed by atoms with E-state index in [1.54, 1.807) is 0 Å². The van der Waals surface area contributed by atoms with Crippen LogP contribution in [-0.2, 0) is 6.54 Å². The molecule has 116 valence electrons. The number of rotatable bonds is 5. The van der Waals surface area contributed by atoms with Crippen molar-refractivity contribution in [1.82, 2.24) is 4.90 Å². The van der Waals surface area contributed by atoms with Crippen LogP contribution in [0.1, 0.15) is 31.7 Å². The lowest BCUT2D eigenvalue weighted by Gasteiger charge is -2.32. The van der Waals surface area contributed by atoms with Gasteiger partial charge in [0, 0.05) is 12.6 Å². The number of nitrogens with two attached hydrogens (primary N) is 1. The van der Waals surface area contributed by atoms with Crippen LogP contribution in [0, 0.1) is 5.92 Å². The van der Waals surface area contributed by atoms with Gasteiger partial charge in [-0.15, -0.1) is 0 Å². The van der Waals surface area contributed by atoms with Crippen molar-refractivity contribution in [1.29, 1.82) is 0 Å². The molecular formula is C17H26N2O2. The fraction of sp³-hybridized carbons (Fsp3) is 0.647. The van der Waals surface area contributed by atoms with E-state index in [4.69, 9.17) is 15.2 Å². The van der Waals surface area contributed by atoms with E-state index < -0.39 is 0 Å². The van der Waals surface area contributed by atoms with Crippen LogP contribution in [-0.4, -0.2) is 37.2 Å². The normalized spacial score (nSPS) is 24.5. The first-order chi connectivity index (χ1) is 10.3. The molecule has 4 heteroatoms. The Hall–Kier alpha value is -1.26. The predicted octanol–water partition coefficient (Wildman–Crippen LogP) is 2.41. The fourth-order valence-corrected chi connectivity index (χ4v) is 3.66. The van der Waals surface area contributed by atoms with Gasteiger partial charge in [0.2, 0.25) is 0 Å². The standard InChI is InChI=1S/C17H26N2O2/c1-2-19(15-5-3-4-14(15)11-18)12-13-6-7-16-17(10-13)21-9-8-20-16/h6-7,10,14-15H,2-5,8-9,11-12,18H2,1H3. The highest BCUT2D eigenvalue weighted by molar-refractivity contribution is 5.43. The number of hydrogen-bond acceptors (Lipinski definition) is 4. The zero-order valence-corrected chi connectivity index (χ0v) is 12.9. The SMILES string of the molecule is CCN(Cc1ccc2c(c1)OCCO2)C1CCCC1CN. The van der Waals surface area contributed by atoms with Crippen molar-refractivity contribution in [2.24, 2.45) is 11.7 Å². The average Bonchev–Trinajstić information content (AvgIpc) is 3.01. The summed E-state index contributed by atoms with van der Waals surface area (Å²) in [5, 5.41) is 0. The minimum atomic E-state index is 0.633. The molecule has 1 aromatic rings. The summed E-state index contributed by atoms with van der Waals surface area (Å²) in [7, 11) is 0. The molecule has 1 aliphatic heterocycles. The van der Waals surface area contributed by atoms with Crippen molar-refractivity contribution in [3.63, 3.8) is 0 Å². The molecule has 0 saturated heterocycles. The molecule has 2 unspecified atom stereocenters. The van der Waals surface area contributed by atoms with Gasteiger partial charge in [-0.2, -0.15) is 0 Å². The second-order valence-corrected chi connectivity index (χ2v) is 6.04. The maximum Gasteiger partial charge on any atom is 0.161 e. The highest BCUT2D eigenvalue weighted by Gasteiger charge is 2.30. The van der Waals surface area contributed by atoms with Crippen LogP contribution in [0.5, 0.6) is 11.5 Å². The summed E-state index contributed by atoms with van der Waals surface area (Å²) < 4.78 is 11.3. The van der Waals surface area contributed by atoms with Crippen LogP contribution in [0.15, 0.2) is 18.2 Å². The van der Waals surface area contributed by atoms with Crippen LogP contribution in [0.25, 0.3) is 0 Å². The van der Waals surface area contributed by atoms with E-state index in [1.807, 2.05) is 6.07 Å². The second-order valence-electron chi connectivity index (χ2n) is 6.04.